The van der Waals surface area contributed by atoms with Crippen molar-refractivity contribution in [3.63, 3.8) is 0 Å². The van der Waals surface area contributed by atoms with Gasteiger partial charge >= 0.3 is 5.91 Å². The van der Waals surface area contributed by atoms with Crippen molar-refractivity contribution in [1.82, 2.24) is 4.57 Å². The fraction of sp³-hybridized carbons (Fsp3) is 0. The molecule has 3 heterocycles. The van der Waals surface area contributed by atoms with Gasteiger partial charge in [-0.25, -0.2) is 0 Å². The Morgan fingerprint density at radius 2 is 1.21 bits per heavy atom. The topological polar surface area (TPSA) is 55.5 Å². The van der Waals surface area contributed by atoms with Gasteiger partial charge in [-0.3, -0.25) is 14.5 Å². The Morgan fingerprint density at radius 3 is 2.09 bits per heavy atom. The molecule has 1 aliphatic heterocycles. The van der Waals surface area contributed by atoms with Gasteiger partial charge < -0.3 is 8.98 Å². The van der Waals surface area contributed by atoms with Crippen molar-refractivity contribution in [2.24, 2.45) is 0 Å². The fourth-order valence-corrected chi connectivity index (χ4v) is 6.54. The summed E-state index contributed by atoms with van der Waals surface area (Å²) in [6.45, 7) is 0. The second-order valence-corrected chi connectivity index (χ2v) is 10.9. The van der Waals surface area contributed by atoms with E-state index in [1.165, 1.54) is 10.3 Å². The maximum Gasteiger partial charge on any atom is 0.304 e. The van der Waals surface area contributed by atoms with E-state index in [0.717, 1.165) is 49.6 Å². The Morgan fingerprint density at radius 1 is 0.488 bits per heavy atom. The van der Waals surface area contributed by atoms with Crippen molar-refractivity contribution in [2.45, 2.75) is 0 Å². The summed E-state index contributed by atoms with van der Waals surface area (Å²) in [6.07, 6.45) is 0. The van der Waals surface area contributed by atoms with Crippen LogP contribution in [0.1, 0.15) is 10.4 Å². The lowest BCUT2D eigenvalue weighted by atomic mass is 10.0. The standard InChI is InChI=1S/C38H22N2O3/c41-37-31-21-30-28-14-5-7-16-35(28)43-36(30)22-34(31)40(38(37)42)26-12-8-9-23(19-26)24-17-18-33-29(20-24)27-13-4-6-15-32(27)39(33)25-10-2-1-3-11-25/h1-22H. The predicted molar refractivity (Wildman–Crippen MR) is 171 cm³/mol. The Bertz CT molecular complexity index is 2450. The van der Waals surface area contributed by atoms with E-state index in [-0.39, 0.29) is 0 Å². The molecule has 0 spiro atoms. The van der Waals surface area contributed by atoms with E-state index in [1.807, 2.05) is 60.7 Å². The number of aromatic nitrogens is 1. The van der Waals surface area contributed by atoms with Crippen LogP contribution in [0.3, 0.4) is 0 Å². The van der Waals surface area contributed by atoms with E-state index in [1.54, 1.807) is 6.07 Å². The zero-order valence-corrected chi connectivity index (χ0v) is 22.8. The average molecular weight is 555 g/mol. The van der Waals surface area contributed by atoms with Crippen molar-refractivity contribution in [3.8, 4) is 16.8 Å². The normalized spacial score (nSPS) is 13.2. The number of carbonyl (C=O) groups is 2. The highest BCUT2D eigenvalue weighted by Gasteiger charge is 2.38. The Balaban J connectivity index is 1.18. The monoisotopic (exact) mass is 554 g/mol. The maximum absolute atomic E-state index is 13.4. The molecular formula is C38H22N2O3. The van der Waals surface area contributed by atoms with Crippen molar-refractivity contribution in [1.29, 1.82) is 0 Å². The number of hydrogen-bond acceptors (Lipinski definition) is 3. The Kier molecular flexibility index (Phi) is 4.85. The summed E-state index contributed by atoms with van der Waals surface area (Å²) in [5.41, 5.74) is 8.31. The van der Waals surface area contributed by atoms with E-state index in [0.29, 0.717) is 22.5 Å². The minimum Gasteiger partial charge on any atom is -0.456 e. The highest BCUT2D eigenvalue weighted by atomic mass is 16.3. The molecule has 5 nitrogen and oxygen atoms in total. The molecule has 0 N–H and O–H groups in total. The van der Waals surface area contributed by atoms with Crippen LogP contribution < -0.4 is 4.90 Å². The van der Waals surface area contributed by atoms with E-state index >= 15 is 0 Å². The van der Waals surface area contributed by atoms with Crippen LogP contribution in [-0.2, 0) is 4.79 Å². The van der Waals surface area contributed by atoms with Crippen LogP contribution in [0.15, 0.2) is 138 Å². The SMILES string of the molecule is O=C1C(=O)N(c2cccc(-c3ccc4c(c3)c3ccccc3n4-c3ccccc3)c2)c2cc3oc4ccccc4c3cc21. The number of furan rings is 1. The molecule has 6 aromatic carbocycles. The van der Waals surface area contributed by atoms with Crippen LogP contribution in [-0.4, -0.2) is 16.3 Å². The maximum atomic E-state index is 13.4. The summed E-state index contributed by atoms with van der Waals surface area (Å²) in [7, 11) is 0. The van der Waals surface area contributed by atoms with Gasteiger partial charge in [0.05, 0.1) is 22.3 Å². The molecule has 0 aliphatic carbocycles. The lowest BCUT2D eigenvalue weighted by Crippen LogP contribution is -2.24. The third-order valence-electron chi connectivity index (χ3n) is 8.50. The van der Waals surface area contributed by atoms with Gasteiger partial charge in [0.2, 0.25) is 0 Å². The van der Waals surface area contributed by atoms with Gasteiger partial charge in [-0.1, -0.05) is 72.8 Å². The molecule has 0 bridgehead atoms. The molecule has 1 aliphatic rings. The number of ketones is 1. The highest BCUT2D eigenvalue weighted by molar-refractivity contribution is 6.54. The molecule has 0 radical (unpaired) electrons. The minimum absolute atomic E-state index is 0.393. The zero-order valence-electron chi connectivity index (χ0n) is 22.8. The number of nitrogens with zero attached hydrogens (tertiary/aromatic N) is 2. The number of amides is 1. The van der Waals surface area contributed by atoms with Crippen molar-refractivity contribution in [2.75, 3.05) is 4.90 Å². The van der Waals surface area contributed by atoms with Crippen molar-refractivity contribution >= 4 is 66.8 Å². The molecule has 8 aromatic rings. The van der Waals surface area contributed by atoms with Crippen LogP contribution in [0.2, 0.25) is 0 Å². The number of hydrogen-bond donors (Lipinski definition) is 0. The highest BCUT2D eigenvalue weighted by Crippen LogP contribution is 2.42. The number of carbonyl (C=O) groups excluding carboxylic acids is 2. The van der Waals surface area contributed by atoms with Gasteiger partial charge in [-0.15, -0.1) is 0 Å². The van der Waals surface area contributed by atoms with Crippen LogP contribution in [0.5, 0.6) is 0 Å². The molecule has 0 fully saturated rings. The third-order valence-corrected chi connectivity index (χ3v) is 8.50. The average Bonchev–Trinajstić information content (AvgIpc) is 3.67. The smallest absolute Gasteiger partial charge is 0.304 e. The molecule has 1 amide bonds. The zero-order chi connectivity index (χ0) is 28.7. The number of benzene rings is 6. The summed E-state index contributed by atoms with van der Waals surface area (Å²) in [6, 6.07) is 44.4. The van der Waals surface area contributed by atoms with Gasteiger partial charge in [0.25, 0.3) is 5.78 Å². The third kappa shape index (κ3) is 3.39. The lowest BCUT2D eigenvalue weighted by Gasteiger charge is -2.18. The van der Waals surface area contributed by atoms with Gasteiger partial charge in [0, 0.05) is 39.0 Å². The second-order valence-electron chi connectivity index (χ2n) is 10.9. The largest absolute Gasteiger partial charge is 0.456 e. The molecule has 43 heavy (non-hydrogen) atoms. The fourth-order valence-electron chi connectivity index (χ4n) is 6.54. The molecule has 0 saturated heterocycles. The van der Waals surface area contributed by atoms with Crippen molar-refractivity contribution < 1.29 is 14.0 Å². The Labute approximate surface area is 245 Å². The van der Waals surface area contributed by atoms with Gasteiger partial charge in [-0.05, 0) is 65.7 Å². The van der Waals surface area contributed by atoms with Crippen LogP contribution in [0.25, 0.3) is 60.6 Å². The van der Waals surface area contributed by atoms with Gasteiger partial charge in [0.1, 0.15) is 11.2 Å². The lowest BCUT2D eigenvalue weighted by molar-refractivity contribution is -0.113. The number of Topliss-reactive ketones (excluding diaryl/α,β-unsaturated/α-hetero) is 1. The van der Waals surface area contributed by atoms with Gasteiger partial charge in [0.15, 0.2) is 0 Å². The molecule has 9 rings (SSSR count). The molecule has 5 heteroatoms. The summed E-state index contributed by atoms with van der Waals surface area (Å²) < 4.78 is 8.37. The van der Waals surface area contributed by atoms with E-state index < -0.39 is 11.7 Å². The van der Waals surface area contributed by atoms with E-state index in [2.05, 4.69) is 71.3 Å². The number of fused-ring (bicyclic) bond motifs is 7. The van der Waals surface area contributed by atoms with Crippen LogP contribution in [0.4, 0.5) is 11.4 Å². The van der Waals surface area contributed by atoms with Crippen LogP contribution >= 0.6 is 0 Å². The summed E-state index contributed by atoms with van der Waals surface area (Å²) in [5.74, 6) is -1.08. The quantitative estimate of drug-likeness (QED) is 0.205. The molecule has 0 saturated carbocycles. The van der Waals surface area contributed by atoms with E-state index in [9.17, 15) is 9.59 Å². The summed E-state index contributed by atoms with van der Waals surface area (Å²) in [4.78, 5) is 28.1. The minimum atomic E-state index is -0.564. The summed E-state index contributed by atoms with van der Waals surface area (Å²) in [5, 5.41) is 4.06. The van der Waals surface area contributed by atoms with Gasteiger partial charge in [-0.2, -0.15) is 0 Å². The molecular weight excluding hydrogens is 532 g/mol. The molecule has 0 atom stereocenters. The Hall–Kier alpha value is -5.94. The van der Waals surface area contributed by atoms with Crippen LogP contribution in [0, 0.1) is 0 Å². The number of rotatable bonds is 3. The van der Waals surface area contributed by atoms with E-state index in [4.69, 9.17) is 4.42 Å². The first kappa shape index (κ1) is 23.7. The molecule has 0 unspecified atom stereocenters. The first-order valence-corrected chi connectivity index (χ1v) is 14.2. The number of anilines is 2. The predicted octanol–water partition coefficient (Wildman–Crippen LogP) is 9.21. The van der Waals surface area contributed by atoms with Crippen molar-refractivity contribution in [3.05, 3.63) is 139 Å². The first-order valence-electron chi connectivity index (χ1n) is 14.2. The molecule has 2 aromatic heterocycles. The number of para-hydroxylation sites is 3. The summed E-state index contributed by atoms with van der Waals surface area (Å²) >= 11 is 0. The first-order chi connectivity index (χ1) is 21.2. The second kappa shape index (κ2) is 8.78. The molecule has 202 valence electrons.